The van der Waals surface area contributed by atoms with Gasteiger partial charge in [0, 0.05) is 48.0 Å². The van der Waals surface area contributed by atoms with E-state index < -0.39 is 0 Å². The van der Waals surface area contributed by atoms with Crippen LogP contribution in [0.3, 0.4) is 0 Å². The van der Waals surface area contributed by atoms with Gasteiger partial charge in [0.2, 0.25) is 0 Å². The molecular formula is C40H41Cl5N8. The summed E-state index contributed by atoms with van der Waals surface area (Å²) in [4.78, 5) is 26.3. The van der Waals surface area contributed by atoms with Gasteiger partial charge in [-0.1, -0.05) is 97.8 Å². The third kappa shape index (κ3) is 11.8. The molecule has 6 aromatic rings. The molecule has 8 nitrogen and oxygen atoms in total. The van der Waals surface area contributed by atoms with Gasteiger partial charge in [-0.25, -0.2) is 19.9 Å². The molecule has 2 aromatic carbocycles. The second kappa shape index (κ2) is 20.0. The fourth-order valence-electron chi connectivity index (χ4n) is 4.81. The molecule has 13 heteroatoms. The van der Waals surface area contributed by atoms with Crippen LogP contribution in [0, 0.1) is 25.7 Å². The van der Waals surface area contributed by atoms with Gasteiger partial charge in [-0.05, 0) is 91.9 Å². The molecule has 0 bridgehead atoms. The van der Waals surface area contributed by atoms with E-state index in [1.165, 1.54) is 0 Å². The number of nitrogens with one attached hydrogen (secondary N) is 1. The summed E-state index contributed by atoms with van der Waals surface area (Å²) in [6.45, 7) is 13.8. The molecule has 0 aliphatic heterocycles. The number of rotatable bonds is 8. The number of nitrogens with two attached hydrogens (primary N) is 1. The molecule has 4 heterocycles. The van der Waals surface area contributed by atoms with E-state index in [9.17, 15) is 0 Å². The average molecular weight is 811 g/mol. The largest absolute Gasteiger partial charge is 0.369 e. The van der Waals surface area contributed by atoms with Crippen molar-refractivity contribution >= 4 is 63.8 Å². The van der Waals surface area contributed by atoms with Crippen LogP contribution in [0.25, 0.3) is 44.8 Å². The van der Waals surface area contributed by atoms with Gasteiger partial charge in [-0.15, -0.1) is 0 Å². The van der Waals surface area contributed by atoms with E-state index >= 15 is 0 Å². The molecule has 3 N–H and O–H groups in total. The Morgan fingerprint density at radius 1 is 0.547 bits per heavy atom. The van der Waals surface area contributed by atoms with E-state index in [0.29, 0.717) is 48.7 Å². The Hall–Kier alpha value is -3.89. The number of hydrogen-bond acceptors (Lipinski definition) is 8. The molecule has 0 spiro atoms. The molecule has 0 unspecified atom stereocenters. The lowest BCUT2D eigenvalue weighted by Crippen LogP contribution is -2.12. The highest BCUT2D eigenvalue weighted by molar-refractivity contribution is 6.42. The van der Waals surface area contributed by atoms with Crippen molar-refractivity contribution in [3.05, 3.63) is 122 Å². The summed E-state index contributed by atoms with van der Waals surface area (Å²) < 4.78 is 0. The van der Waals surface area contributed by atoms with Crippen LogP contribution in [-0.4, -0.2) is 43.0 Å². The predicted molar refractivity (Wildman–Crippen MR) is 223 cm³/mol. The summed E-state index contributed by atoms with van der Waals surface area (Å²) in [5, 5.41) is 5.79. The first-order chi connectivity index (χ1) is 25.3. The lowest BCUT2D eigenvalue weighted by Gasteiger charge is -2.17. The normalized spacial score (nSPS) is 10.8. The standard InChI is InChI=1S/C20H20Cl2N4.C16H10Cl3N3.C4H11N/c1-12(2)11-24-20-18(15-4-5-16(21)17(22)10-15)19(25-13(3)26-20)14-6-8-23-9-7-14;1-9-21-15(10-4-6-20-7-5-10)14(16(19)22-9)11-2-3-12(17)13(18)8-11;1-4(2)3-5/h4-10,12H,11H2,1-3H3,(H,24,25,26);2-8H,1H3;4H,3,5H2,1-2H3. The van der Waals surface area contributed by atoms with E-state index in [0.717, 1.165) is 63.7 Å². The molecule has 4 aromatic heterocycles. The van der Waals surface area contributed by atoms with Crippen LogP contribution in [0.2, 0.25) is 25.2 Å². The Balaban J connectivity index is 0.000000212. The Morgan fingerprint density at radius 3 is 1.42 bits per heavy atom. The number of hydrogen-bond donors (Lipinski definition) is 2. The minimum absolute atomic E-state index is 0.373. The van der Waals surface area contributed by atoms with Crippen molar-refractivity contribution in [1.82, 2.24) is 29.9 Å². The lowest BCUT2D eigenvalue weighted by atomic mass is 9.99. The highest BCUT2D eigenvalue weighted by Gasteiger charge is 2.19. The molecule has 0 aliphatic rings. The molecule has 276 valence electrons. The summed E-state index contributed by atoms with van der Waals surface area (Å²) in [6.07, 6.45) is 6.93. The molecule has 0 atom stereocenters. The Labute approximate surface area is 336 Å². The highest BCUT2D eigenvalue weighted by Crippen LogP contribution is 2.39. The first-order valence-electron chi connectivity index (χ1n) is 16.9. The second-order valence-electron chi connectivity index (χ2n) is 12.8. The molecule has 0 fully saturated rings. The fraction of sp³-hybridized carbons (Fsp3) is 0.250. The monoisotopic (exact) mass is 808 g/mol. The summed E-state index contributed by atoms with van der Waals surface area (Å²) >= 11 is 30.8. The number of pyridine rings is 2. The Kier molecular flexibility index (Phi) is 15.8. The predicted octanol–water partition coefficient (Wildman–Crippen LogP) is 12.0. The van der Waals surface area contributed by atoms with Crippen molar-refractivity contribution in [2.24, 2.45) is 17.6 Å². The smallest absolute Gasteiger partial charge is 0.141 e. The number of nitrogens with zero attached hydrogens (tertiary/aromatic N) is 6. The number of anilines is 1. The molecule has 0 radical (unpaired) electrons. The second-order valence-corrected chi connectivity index (χ2v) is 14.7. The number of benzene rings is 2. The van der Waals surface area contributed by atoms with Crippen LogP contribution in [-0.2, 0) is 0 Å². The first-order valence-corrected chi connectivity index (χ1v) is 18.8. The number of halogens is 5. The topological polar surface area (TPSA) is 115 Å². The number of aryl methyl sites for hydroxylation is 2. The molecular weight excluding hydrogens is 770 g/mol. The summed E-state index contributed by atoms with van der Waals surface area (Å²) in [7, 11) is 0. The van der Waals surface area contributed by atoms with E-state index in [1.807, 2.05) is 49.4 Å². The van der Waals surface area contributed by atoms with Crippen LogP contribution < -0.4 is 11.1 Å². The van der Waals surface area contributed by atoms with E-state index in [-0.39, 0.29) is 0 Å². The van der Waals surface area contributed by atoms with Gasteiger partial charge in [0.15, 0.2) is 0 Å². The van der Waals surface area contributed by atoms with Gasteiger partial charge < -0.3 is 11.1 Å². The van der Waals surface area contributed by atoms with Crippen LogP contribution in [0.5, 0.6) is 0 Å². The maximum Gasteiger partial charge on any atom is 0.141 e. The molecule has 53 heavy (non-hydrogen) atoms. The maximum atomic E-state index is 6.37. The molecule has 0 amide bonds. The SMILES string of the molecule is CC(C)CN.Cc1nc(Cl)c(-c2ccc(Cl)c(Cl)c2)c(-c2ccncc2)n1.Cc1nc(NCC(C)C)c(-c2ccc(Cl)c(Cl)c2)c(-c2ccncc2)n1. The average Bonchev–Trinajstić information content (AvgIpc) is 3.14. The number of aromatic nitrogens is 6. The molecule has 6 rings (SSSR count). The van der Waals surface area contributed by atoms with Crippen molar-refractivity contribution in [2.45, 2.75) is 41.5 Å². The summed E-state index contributed by atoms with van der Waals surface area (Å²) in [5.74, 6) is 3.23. The maximum absolute atomic E-state index is 6.37. The van der Waals surface area contributed by atoms with Crippen LogP contribution in [0.15, 0.2) is 85.5 Å². The molecule has 0 aliphatic carbocycles. The summed E-state index contributed by atoms with van der Waals surface area (Å²) in [6, 6.07) is 18.5. The minimum Gasteiger partial charge on any atom is -0.369 e. The zero-order valence-electron chi connectivity index (χ0n) is 30.3. The summed E-state index contributed by atoms with van der Waals surface area (Å²) in [5.41, 5.74) is 12.0. The highest BCUT2D eigenvalue weighted by atomic mass is 35.5. The first kappa shape index (κ1) is 41.9. The van der Waals surface area contributed by atoms with E-state index in [1.54, 1.807) is 49.9 Å². The molecule has 0 saturated heterocycles. The van der Waals surface area contributed by atoms with Crippen LogP contribution in [0.4, 0.5) is 5.82 Å². The Morgan fingerprint density at radius 2 is 0.981 bits per heavy atom. The zero-order chi connectivity index (χ0) is 38.7. The quantitative estimate of drug-likeness (QED) is 0.146. The van der Waals surface area contributed by atoms with Crippen molar-refractivity contribution in [1.29, 1.82) is 0 Å². The fourth-order valence-corrected chi connectivity index (χ4v) is 5.73. The minimum atomic E-state index is 0.373. The van der Waals surface area contributed by atoms with Crippen molar-refractivity contribution < 1.29 is 0 Å². The van der Waals surface area contributed by atoms with Crippen molar-refractivity contribution in [3.63, 3.8) is 0 Å². The van der Waals surface area contributed by atoms with Crippen molar-refractivity contribution in [3.8, 4) is 44.8 Å². The van der Waals surface area contributed by atoms with Crippen molar-refractivity contribution in [2.75, 3.05) is 18.4 Å². The third-order valence-electron chi connectivity index (χ3n) is 7.47. The van der Waals surface area contributed by atoms with E-state index in [4.69, 9.17) is 68.7 Å². The van der Waals surface area contributed by atoms with Gasteiger partial charge in [0.25, 0.3) is 0 Å². The Bertz CT molecular complexity index is 2110. The molecule has 0 saturated carbocycles. The van der Waals surface area contributed by atoms with Gasteiger partial charge in [0.1, 0.15) is 22.6 Å². The van der Waals surface area contributed by atoms with E-state index in [2.05, 4.69) is 57.9 Å². The van der Waals surface area contributed by atoms with Gasteiger partial charge >= 0.3 is 0 Å². The van der Waals surface area contributed by atoms with Crippen LogP contribution >= 0.6 is 58.0 Å². The van der Waals surface area contributed by atoms with Gasteiger partial charge in [-0.3, -0.25) is 9.97 Å². The van der Waals surface area contributed by atoms with Crippen LogP contribution in [0.1, 0.15) is 39.3 Å². The van der Waals surface area contributed by atoms with Gasteiger partial charge in [-0.2, -0.15) is 0 Å². The zero-order valence-corrected chi connectivity index (χ0v) is 34.1. The third-order valence-corrected chi connectivity index (χ3v) is 9.22. The lowest BCUT2D eigenvalue weighted by molar-refractivity contribution is 0.664. The van der Waals surface area contributed by atoms with Gasteiger partial charge in [0.05, 0.1) is 37.0 Å².